The van der Waals surface area contributed by atoms with Crippen molar-refractivity contribution in [2.24, 2.45) is 23.7 Å². The van der Waals surface area contributed by atoms with Gasteiger partial charge in [-0.2, -0.15) is 0 Å². The minimum Gasteiger partial charge on any atom is -0.467 e. The summed E-state index contributed by atoms with van der Waals surface area (Å²) in [4.78, 5) is 74.6. The maximum absolute atomic E-state index is 14.5. The van der Waals surface area contributed by atoms with Crippen molar-refractivity contribution in [3.05, 3.63) is 35.9 Å². The molecule has 3 N–H and O–H groups in total. The third kappa shape index (κ3) is 14.8. The lowest BCUT2D eigenvalue weighted by Crippen LogP contribution is -2.60. The van der Waals surface area contributed by atoms with Crippen molar-refractivity contribution in [2.75, 3.05) is 62.1 Å². The summed E-state index contributed by atoms with van der Waals surface area (Å²) >= 11 is 0. The molecule has 4 amide bonds. The first-order valence-corrected chi connectivity index (χ1v) is 21.7. The first kappa shape index (κ1) is 51.6. The number of esters is 1. The van der Waals surface area contributed by atoms with E-state index in [4.69, 9.17) is 14.2 Å². The van der Waals surface area contributed by atoms with Crippen LogP contribution in [0.3, 0.4) is 0 Å². The standard InChI is InChI=1S/C45H78N6O8/c1-14-31(6)40(50(10)44(55)38(29(2)3)48-43(54)39(30(4)5)49(9)25-19-18-24-46-8)36(57-11)28-37(52)51-26-20-23-35(51)41(58-12)32(7)42(53)47-34(45(56)59-13)27-33-21-16-15-17-22-33/h15-17,21-22,29-32,34-36,38-41,46H,14,18-20,23-28H2,1-13H3,(H,47,53)(H,48,54). The lowest BCUT2D eigenvalue weighted by Gasteiger charge is -2.41. The Hall–Kier alpha value is -3.59. The Morgan fingerprint density at radius 1 is 0.881 bits per heavy atom. The zero-order valence-electron chi connectivity index (χ0n) is 38.4. The van der Waals surface area contributed by atoms with Gasteiger partial charge in [0.05, 0.1) is 49.8 Å². The average Bonchev–Trinajstić information content (AvgIpc) is 3.70. The number of unbranched alkanes of at least 4 members (excludes halogenated alkanes) is 1. The van der Waals surface area contributed by atoms with Crippen LogP contribution in [0.15, 0.2) is 30.3 Å². The van der Waals surface area contributed by atoms with E-state index < -0.39 is 54.3 Å². The minimum absolute atomic E-state index is 0.00457. The molecule has 0 bridgehead atoms. The highest BCUT2D eigenvalue weighted by atomic mass is 16.5. The number of ether oxygens (including phenoxy) is 3. The third-order valence-corrected chi connectivity index (χ3v) is 12.1. The van der Waals surface area contributed by atoms with E-state index in [1.165, 1.54) is 14.2 Å². The number of likely N-dealkylation sites (tertiary alicyclic amines) is 1. The van der Waals surface area contributed by atoms with Crippen molar-refractivity contribution >= 4 is 29.6 Å². The number of rotatable bonds is 26. The van der Waals surface area contributed by atoms with Crippen molar-refractivity contribution in [1.29, 1.82) is 0 Å². The van der Waals surface area contributed by atoms with Crippen LogP contribution in [-0.4, -0.2) is 149 Å². The molecular formula is C45H78N6O8. The normalized spacial score (nSPS) is 18.4. The number of hydrogen-bond acceptors (Lipinski definition) is 10. The molecule has 1 heterocycles. The molecule has 59 heavy (non-hydrogen) atoms. The van der Waals surface area contributed by atoms with Gasteiger partial charge in [-0.1, -0.05) is 85.2 Å². The SMILES string of the molecule is CCC(C)C(C(CC(=O)N1CCCC1C(OC)C(C)C(=O)NC(Cc1ccccc1)C(=O)OC)OC)N(C)C(=O)C(NC(=O)C(C(C)C)N(C)CCCCNC)C(C)C. The Labute approximate surface area is 355 Å². The minimum atomic E-state index is -0.893. The van der Waals surface area contributed by atoms with Gasteiger partial charge in [-0.15, -0.1) is 0 Å². The summed E-state index contributed by atoms with van der Waals surface area (Å²) in [5.74, 6) is -2.41. The van der Waals surface area contributed by atoms with E-state index in [9.17, 15) is 24.0 Å². The van der Waals surface area contributed by atoms with E-state index in [0.29, 0.717) is 13.0 Å². The van der Waals surface area contributed by atoms with Gasteiger partial charge in [0.15, 0.2) is 0 Å². The van der Waals surface area contributed by atoms with Gasteiger partial charge in [0.1, 0.15) is 12.1 Å². The monoisotopic (exact) mass is 831 g/mol. The van der Waals surface area contributed by atoms with E-state index in [0.717, 1.165) is 44.3 Å². The Kier molecular flexibility index (Phi) is 22.6. The second-order valence-electron chi connectivity index (χ2n) is 17.1. The first-order valence-electron chi connectivity index (χ1n) is 21.7. The molecule has 9 atom stereocenters. The number of hydrogen-bond donors (Lipinski definition) is 3. The second-order valence-corrected chi connectivity index (χ2v) is 17.1. The first-order chi connectivity index (χ1) is 28.0. The van der Waals surface area contributed by atoms with Crippen molar-refractivity contribution in [2.45, 2.75) is 136 Å². The summed E-state index contributed by atoms with van der Waals surface area (Å²) in [6.07, 6.45) is 3.01. The van der Waals surface area contributed by atoms with Gasteiger partial charge in [-0.05, 0) is 76.2 Å². The highest BCUT2D eigenvalue weighted by Gasteiger charge is 2.43. The Morgan fingerprint density at radius 3 is 2.08 bits per heavy atom. The van der Waals surface area contributed by atoms with Crippen LogP contribution in [0, 0.1) is 23.7 Å². The zero-order valence-corrected chi connectivity index (χ0v) is 38.4. The van der Waals surface area contributed by atoms with E-state index in [2.05, 4.69) is 20.9 Å². The summed E-state index contributed by atoms with van der Waals surface area (Å²) in [5, 5.41) is 9.16. The number of methoxy groups -OCH3 is 3. The molecule has 1 aliphatic heterocycles. The van der Waals surface area contributed by atoms with Gasteiger partial charge in [-0.25, -0.2) is 4.79 Å². The van der Waals surface area contributed by atoms with Crippen LogP contribution >= 0.6 is 0 Å². The molecule has 0 aliphatic carbocycles. The van der Waals surface area contributed by atoms with Gasteiger partial charge in [-0.3, -0.25) is 24.1 Å². The number of amides is 4. The fourth-order valence-corrected chi connectivity index (χ4v) is 8.58. The predicted molar refractivity (Wildman–Crippen MR) is 231 cm³/mol. The molecule has 0 saturated carbocycles. The molecule has 0 spiro atoms. The van der Waals surface area contributed by atoms with Crippen LogP contribution in [0.25, 0.3) is 0 Å². The molecule has 0 aromatic heterocycles. The van der Waals surface area contributed by atoms with Gasteiger partial charge in [0, 0.05) is 34.2 Å². The van der Waals surface area contributed by atoms with Gasteiger partial charge in [0.2, 0.25) is 23.6 Å². The number of nitrogens with zero attached hydrogens (tertiary/aromatic N) is 3. The molecule has 1 fully saturated rings. The van der Waals surface area contributed by atoms with Crippen molar-refractivity contribution in [1.82, 2.24) is 30.7 Å². The highest BCUT2D eigenvalue weighted by molar-refractivity contribution is 5.90. The molecule has 1 aromatic carbocycles. The molecule has 336 valence electrons. The highest BCUT2D eigenvalue weighted by Crippen LogP contribution is 2.30. The number of nitrogens with one attached hydrogen (secondary N) is 3. The predicted octanol–water partition coefficient (Wildman–Crippen LogP) is 3.90. The van der Waals surface area contributed by atoms with Crippen LogP contribution < -0.4 is 16.0 Å². The van der Waals surface area contributed by atoms with Crippen LogP contribution in [0.2, 0.25) is 0 Å². The second kappa shape index (κ2) is 25.9. The molecule has 0 radical (unpaired) electrons. The largest absolute Gasteiger partial charge is 0.467 e. The fraction of sp³-hybridized carbons (Fsp3) is 0.756. The van der Waals surface area contributed by atoms with Crippen molar-refractivity contribution in [3.63, 3.8) is 0 Å². The van der Waals surface area contributed by atoms with Crippen LogP contribution in [0.4, 0.5) is 0 Å². The van der Waals surface area contributed by atoms with Crippen LogP contribution in [-0.2, 0) is 44.6 Å². The maximum atomic E-state index is 14.5. The molecule has 1 saturated heterocycles. The van der Waals surface area contributed by atoms with E-state index in [-0.39, 0.29) is 54.2 Å². The van der Waals surface area contributed by atoms with Crippen LogP contribution in [0.1, 0.15) is 92.6 Å². The molecule has 2 rings (SSSR count). The van der Waals surface area contributed by atoms with Crippen molar-refractivity contribution in [3.8, 4) is 0 Å². The summed E-state index contributed by atoms with van der Waals surface area (Å²) < 4.78 is 17.0. The summed E-state index contributed by atoms with van der Waals surface area (Å²) in [5.41, 5.74) is 0.876. The summed E-state index contributed by atoms with van der Waals surface area (Å²) in [6.45, 7) is 15.9. The zero-order chi connectivity index (χ0) is 44.4. The number of carbonyl (C=O) groups excluding carboxylic acids is 5. The fourth-order valence-electron chi connectivity index (χ4n) is 8.58. The van der Waals surface area contributed by atoms with Gasteiger partial charge < -0.3 is 40.0 Å². The lowest BCUT2D eigenvalue weighted by molar-refractivity contribution is -0.149. The molecule has 14 heteroatoms. The molecule has 1 aromatic rings. The molecule has 1 aliphatic rings. The van der Waals surface area contributed by atoms with E-state index >= 15 is 0 Å². The van der Waals surface area contributed by atoms with E-state index in [1.54, 1.807) is 30.9 Å². The molecule has 14 nitrogen and oxygen atoms in total. The maximum Gasteiger partial charge on any atom is 0.328 e. The topological polar surface area (TPSA) is 159 Å². The van der Waals surface area contributed by atoms with Gasteiger partial charge in [0.25, 0.3) is 0 Å². The Morgan fingerprint density at radius 2 is 1.54 bits per heavy atom. The molecule has 9 unspecified atom stereocenters. The van der Waals surface area contributed by atoms with Crippen molar-refractivity contribution < 1.29 is 38.2 Å². The number of likely N-dealkylation sites (N-methyl/N-ethyl adjacent to an activating group) is 2. The average molecular weight is 831 g/mol. The Bertz CT molecular complexity index is 1450. The lowest BCUT2D eigenvalue weighted by atomic mass is 9.89. The third-order valence-electron chi connectivity index (χ3n) is 12.1. The summed E-state index contributed by atoms with van der Waals surface area (Å²) in [6, 6.07) is 6.45. The number of benzene rings is 1. The smallest absolute Gasteiger partial charge is 0.328 e. The quantitative estimate of drug-likeness (QED) is 0.0924. The summed E-state index contributed by atoms with van der Waals surface area (Å²) in [7, 11) is 10.0. The van der Waals surface area contributed by atoms with Crippen LogP contribution in [0.5, 0.6) is 0 Å². The van der Waals surface area contributed by atoms with Gasteiger partial charge >= 0.3 is 5.97 Å². The van der Waals surface area contributed by atoms with E-state index in [1.807, 2.05) is 86.0 Å². The number of carbonyl (C=O) groups is 5. The molecular weight excluding hydrogens is 753 g/mol. The Balaban J connectivity index is 2.27.